The highest BCUT2D eigenvalue weighted by atomic mass is 16.5. The number of fused-ring (bicyclic) bond motifs is 2. The Morgan fingerprint density at radius 2 is 1.86 bits per heavy atom. The summed E-state index contributed by atoms with van der Waals surface area (Å²) in [4.78, 5) is 0. The first-order chi connectivity index (χ1) is 10.4. The van der Waals surface area contributed by atoms with Crippen molar-refractivity contribution in [2.45, 2.75) is 19.4 Å². The van der Waals surface area contributed by atoms with Crippen LogP contribution in [0.1, 0.15) is 17.5 Å². The second-order valence-corrected chi connectivity index (χ2v) is 5.58. The van der Waals surface area contributed by atoms with E-state index in [9.17, 15) is 0 Å². The van der Waals surface area contributed by atoms with Crippen LogP contribution in [0.15, 0.2) is 36.4 Å². The molecule has 0 radical (unpaired) electrons. The highest BCUT2D eigenvalue weighted by Crippen LogP contribution is 2.36. The van der Waals surface area contributed by atoms with E-state index >= 15 is 0 Å². The van der Waals surface area contributed by atoms with Crippen LogP contribution in [-0.4, -0.2) is 19.8 Å². The van der Waals surface area contributed by atoms with Crippen LogP contribution < -0.4 is 14.8 Å². The van der Waals surface area contributed by atoms with Crippen molar-refractivity contribution in [3.63, 3.8) is 0 Å². The quantitative estimate of drug-likeness (QED) is 0.871. The van der Waals surface area contributed by atoms with Crippen molar-refractivity contribution in [1.29, 1.82) is 0 Å². The molecule has 108 valence electrons. The highest BCUT2D eigenvalue weighted by molar-refractivity contribution is 5.72. The van der Waals surface area contributed by atoms with Gasteiger partial charge in [-0.25, -0.2) is 0 Å². The number of hydrogen-bond donors (Lipinski definition) is 1. The van der Waals surface area contributed by atoms with Gasteiger partial charge < -0.3 is 14.8 Å². The summed E-state index contributed by atoms with van der Waals surface area (Å²) in [5, 5.41) is 3.43. The highest BCUT2D eigenvalue weighted by Gasteiger charge is 2.16. The van der Waals surface area contributed by atoms with E-state index in [4.69, 9.17) is 9.47 Å². The molecule has 2 aromatic rings. The summed E-state index contributed by atoms with van der Waals surface area (Å²) >= 11 is 0. The van der Waals surface area contributed by atoms with Crippen LogP contribution in [0.25, 0.3) is 11.1 Å². The molecule has 0 amide bonds. The second-order valence-electron chi connectivity index (χ2n) is 5.58. The standard InChI is InChI=1S/C18H19NO2/c1-3-14-12-19-8-7-16(14)15(4-1)13-5-6-17-18(11-13)21-10-2-9-20-17/h1,3-6,11,19H,2,7-10,12H2. The Morgan fingerprint density at radius 1 is 0.952 bits per heavy atom. The zero-order valence-corrected chi connectivity index (χ0v) is 12.0. The average molecular weight is 281 g/mol. The fourth-order valence-corrected chi connectivity index (χ4v) is 3.13. The van der Waals surface area contributed by atoms with Gasteiger partial charge in [-0.05, 0) is 47.4 Å². The molecule has 21 heavy (non-hydrogen) atoms. The molecule has 0 atom stereocenters. The molecule has 0 fully saturated rings. The van der Waals surface area contributed by atoms with E-state index in [-0.39, 0.29) is 0 Å². The Kier molecular flexibility index (Phi) is 3.28. The van der Waals surface area contributed by atoms with Crippen molar-refractivity contribution in [2.24, 2.45) is 0 Å². The lowest BCUT2D eigenvalue weighted by Crippen LogP contribution is -2.24. The lowest BCUT2D eigenvalue weighted by Gasteiger charge is -2.21. The Hall–Kier alpha value is -2.00. The summed E-state index contributed by atoms with van der Waals surface area (Å²) in [5.74, 6) is 1.74. The minimum Gasteiger partial charge on any atom is -0.490 e. The third-order valence-electron chi connectivity index (χ3n) is 4.20. The van der Waals surface area contributed by atoms with Gasteiger partial charge in [0.05, 0.1) is 13.2 Å². The summed E-state index contributed by atoms with van der Waals surface area (Å²) in [7, 11) is 0. The Bertz CT molecular complexity index is 666. The molecule has 0 aliphatic carbocycles. The summed E-state index contributed by atoms with van der Waals surface area (Å²) < 4.78 is 11.5. The second kappa shape index (κ2) is 5.41. The number of nitrogens with one attached hydrogen (secondary N) is 1. The first-order valence-electron chi connectivity index (χ1n) is 7.63. The molecule has 0 aromatic heterocycles. The molecule has 2 aliphatic heterocycles. The first kappa shape index (κ1) is 12.7. The third-order valence-corrected chi connectivity index (χ3v) is 4.20. The van der Waals surface area contributed by atoms with E-state index in [0.29, 0.717) is 0 Å². The first-order valence-corrected chi connectivity index (χ1v) is 7.63. The van der Waals surface area contributed by atoms with Crippen LogP contribution in [0.3, 0.4) is 0 Å². The van der Waals surface area contributed by atoms with Crippen LogP contribution >= 0.6 is 0 Å². The molecule has 1 N–H and O–H groups in total. The maximum absolute atomic E-state index is 5.82. The van der Waals surface area contributed by atoms with E-state index < -0.39 is 0 Å². The zero-order chi connectivity index (χ0) is 14.1. The smallest absolute Gasteiger partial charge is 0.161 e. The number of rotatable bonds is 1. The Morgan fingerprint density at radius 3 is 2.81 bits per heavy atom. The lowest BCUT2D eigenvalue weighted by molar-refractivity contribution is 0.297. The SMILES string of the molecule is c1cc2c(c(-c3ccc4c(c3)OCCCO4)c1)CCNC2. The van der Waals surface area contributed by atoms with Crippen molar-refractivity contribution < 1.29 is 9.47 Å². The molecule has 4 rings (SSSR count). The normalized spacial score (nSPS) is 17.0. The lowest BCUT2D eigenvalue weighted by atomic mass is 9.91. The molecular weight excluding hydrogens is 262 g/mol. The van der Waals surface area contributed by atoms with Crippen LogP contribution in [-0.2, 0) is 13.0 Å². The van der Waals surface area contributed by atoms with Crippen molar-refractivity contribution in [2.75, 3.05) is 19.8 Å². The van der Waals surface area contributed by atoms with E-state index in [1.807, 2.05) is 6.07 Å². The van der Waals surface area contributed by atoms with Crippen LogP contribution in [0, 0.1) is 0 Å². The molecule has 0 saturated heterocycles. The van der Waals surface area contributed by atoms with Gasteiger partial charge in [0.1, 0.15) is 0 Å². The number of benzene rings is 2. The summed E-state index contributed by atoms with van der Waals surface area (Å²) in [6, 6.07) is 12.9. The van der Waals surface area contributed by atoms with E-state index in [0.717, 1.165) is 50.6 Å². The van der Waals surface area contributed by atoms with Gasteiger partial charge in [0, 0.05) is 13.0 Å². The minimum absolute atomic E-state index is 0.729. The molecule has 0 bridgehead atoms. The van der Waals surface area contributed by atoms with Crippen LogP contribution in [0.5, 0.6) is 11.5 Å². The van der Waals surface area contributed by atoms with Crippen LogP contribution in [0.2, 0.25) is 0 Å². The van der Waals surface area contributed by atoms with Crippen LogP contribution in [0.4, 0.5) is 0 Å². The summed E-state index contributed by atoms with van der Waals surface area (Å²) in [6.45, 7) is 3.48. The van der Waals surface area contributed by atoms with Gasteiger partial charge >= 0.3 is 0 Å². The molecule has 3 heteroatoms. The largest absolute Gasteiger partial charge is 0.490 e. The predicted octanol–water partition coefficient (Wildman–Crippen LogP) is 3.16. The third kappa shape index (κ3) is 2.38. The fraction of sp³-hybridized carbons (Fsp3) is 0.333. The fourth-order valence-electron chi connectivity index (χ4n) is 3.13. The van der Waals surface area contributed by atoms with E-state index in [1.54, 1.807) is 0 Å². The van der Waals surface area contributed by atoms with Crippen molar-refractivity contribution in [1.82, 2.24) is 5.32 Å². The van der Waals surface area contributed by atoms with Crippen molar-refractivity contribution in [3.05, 3.63) is 47.5 Å². The number of hydrogen-bond acceptors (Lipinski definition) is 3. The van der Waals surface area contributed by atoms with Gasteiger partial charge in [0.2, 0.25) is 0 Å². The molecule has 0 spiro atoms. The zero-order valence-electron chi connectivity index (χ0n) is 12.0. The number of ether oxygens (including phenoxy) is 2. The minimum atomic E-state index is 0.729. The van der Waals surface area contributed by atoms with E-state index in [2.05, 4.69) is 35.6 Å². The summed E-state index contributed by atoms with van der Waals surface area (Å²) in [5.41, 5.74) is 5.42. The van der Waals surface area contributed by atoms with Gasteiger partial charge in [-0.1, -0.05) is 24.3 Å². The molecule has 2 aliphatic rings. The van der Waals surface area contributed by atoms with E-state index in [1.165, 1.54) is 22.3 Å². The maximum atomic E-state index is 5.82. The monoisotopic (exact) mass is 281 g/mol. The van der Waals surface area contributed by atoms with Gasteiger partial charge in [0.25, 0.3) is 0 Å². The molecular formula is C18H19NO2. The Labute approximate surface area is 124 Å². The Balaban J connectivity index is 1.79. The predicted molar refractivity (Wildman–Crippen MR) is 82.9 cm³/mol. The summed E-state index contributed by atoms with van der Waals surface area (Å²) in [6.07, 6.45) is 2.02. The van der Waals surface area contributed by atoms with Gasteiger partial charge in [0.15, 0.2) is 11.5 Å². The molecule has 2 heterocycles. The topological polar surface area (TPSA) is 30.5 Å². The van der Waals surface area contributed by atoms with Crippen molar-refractivity contribution >= 4 is 0 Å². The van der Waals surface area contributed by atoms with Gasteiger partial charge in [-0.2, -0.15) is 0 Å². The molecule has 0 unspecified atom stereocenters. The molecule has 3 nitrogen and oxygen atoms in total. The average Bonchev–Trinajstić information content (AvgIpc) is 2.79. The van der Waals surface area contributed by atoms with Gasteiger partial charge in [-0.3, -0.25) is 0 Å². The molecule has 0 saturated carbocycles. The van der Waals surface area contributed by atoms with Crippen molar-refractivity contribution in [3.8, 4) is 22.6 Å². The maximum Gasteiger partial charge on any atom is 0.161 e. The van der Waals surface area contributed by atoms with Gasteiger partial charge in [-0.15, -0.1) is 0 Å². The molecule has 2 aromatic carbocycles.